The largest absolute Gasteiger partial charge is 0.373 e. The molecule has 1 aliphatic rings. The number of likely N-dealkylation sites (N-methyl/N-ethyl adjacent to an activating group) is 1. The summed E-state index contributed by atoms with van der Waals surface area (Å²) in [5, 5.41) is 7.91. The molecule has 3 atom stereocenters. The highest BCUT2D eigenvalue weighted by Crippen LogP contribution is 2.43. The predicted octanol–water partition coefficient (Wildman–Crippen LogP) is 3.99. The molecule has 0 amide bonds. The van der Waals surface area contributed by atoms with Crippen LogP contribution in [0.4, 0.5) is 0 Å². The van der Waals surface area contributed by atoms with Crippen molar-refractivity contribution in [3.05, 3.63) is 22.4 Å². The van der Waals surface area contributed by atoms with Crippen molar-refractivity contribution in [2.75, 3.05) is 13.7 Å². The molecule has 18 heavy (non-hydrogen) atoms. The van der Waals surface area contributed by atoms with Crippen molar-refractivity contribution >= 4 is 11.3 Å². The fraction of sp³-hybridized carbons (Fsp3) is 0.733. The van der Waals surface area contributed by atoms with Gasteiger partial charge in [-0.15, -0.1) is 0 Å². The molecule has 2 rings (SSSR count). The van der Waals surface area contributed by atoms with Gasteiger partial charge in [0.25, 0.3) is 0 Å². The second kappa shape index (κ2) is 6.18. The molecule has 0 spiro atoms. The second-order valence-electron chi connectivity index (χ2n) is 5.48. The van der Waals surface area contributed by atoms with Crippen LogP contribution in [-0.2, 0) is 4.74 Å². The summed E-state index contributed by atoms with van der Waals surface area (Å²) < 4.78 is 6.26. The van der Waals surface area contributed by atoms with Gasteiger partial charge in [0.1, 0.15) is 0 Å². The maximum atomic E-state index is 6.26. The van der Waals surface area contributed by atoms with Gasteiger partial charge < -0.3 is 10.1 Å². The van der Waals surface area contributed by atoms with E-state index in [1.165, 1.54) is 31.2 Å². The minimum Gasteiger partial charge on any atom is -0.373 e. The van der Waals surface area contributed by atoms with Crippen molar-refractivity contribution < 1.29 is 4.74 Å². The van der Waals surface area contributed by atoms with Gasteiger partial charge in [0.05, 0.1) is 11.6 Å². The molecule has 102 valence electrons. The number of ether oxygens (including phenoxy) is 1. The maximum absolute atomic E-state index is 6.26. The third-order valence-electron chi connectivity index (χ3n) is 4.11. The number of hydrogen-bond donors (Lipinski definition) is 1. The van der Waals surface area contributed by atoms with Crippen LogP contribution in [0.3, 0.4) is 0 Å². The van der Waals surface area contributed by atoms with Crippen molar-refractivity contribution in [3.8, 4) is 0 Å². The van der Waals surface area contributed by atoms with Crippen molar-refractivity contribution in [1.29, 1.82) is 0 Å². The van der Waals surface area contributed by atoms with Crippen LogP contribution in [0.15, 0.2) is 16.8 Å². The number of nitrogens with one attached hydrogen (secondary N) is 1. The Hall–Kier alpha value is -0.380. The van der Waals surface area contributed by atoms with E-state index in [0.29, 0.717) is 6.04 Å². The lowest BCUT2D eigenvalue weighted by atomic mass is 9.73. The molecule has 1 aromatic heterocycles. The van der Waals surface area contributed by atoms with E-state index in [1.54, 1.807) is 11.3 Å². The van der Waals surface area contributed by atoms with Gasteiger partial charge >= 0.3 is 0 Å². The van der Waals surface area contributed by atoms with Crippen LogP contribution in [0.25, 0.3) is 0 Å². The zero-order chi connectivity index (χ0) is 13.0. The van der Waals surface area contributed by atoms with E-state index in [4.69, 9.17) is 4.74 Å². The highest BCUT2D eigenvalue weighted by molar-refractivity contribution is 7.07. The molecule has 0 aliphatic heterocycles. The van der Waals surface area contributed by atoms with E-state index in [0.717, 1.165) is 12.5 Å². The minimum absolute atomic E-state index is 0.0117. The Kier molecular flexibility index (Phi) is 4.82. The van der Waals surface area contributed by atoms with Crippen molar-refractivity contribution in [2.45, 2.75) is 51.2 Å². The smallest absolute Gasteiger partial charge is 0.0878 e. The van der Waals surface area contributed by atoms with E-state index in [9.17, 15) is 0 Å². The Bertz CT molecular complexity index is 347. The normalized spacial score (nSPS) is 30.3. The first-order chi connectivity index (χ1) is 8.72. The molecule has 1 aromatic rings. The fourth-order valence-electron chi connectivity index (χ4n) is 3.48. The molecule has 0 saturated heterocycles. The van der Waals surface area contributed by atoms with Crippen LogP contribution in [-0.4, -0.2) is 19.3 Å². The summed E-state index contributed by atoms with van der Waals surface area (Å²) in [6.07, 6.45) is 4.97. The zero-order valence-electron chi connectivity index (χ0n) is 11.7. The second-order valence-corrected chi connectivity index (χ2v) is 6.26. The monoisotopic (exact) mass is 267 g/mol. The highest BCUT2D eigenvalue weighted by Gasteiger charge is 2.42. The molecule has 1 fully saturated rings. The van der Waals surface area contributed by atoms with Gasteiger partial charge in [0.15, 0.2) is 0 Å². The zero-order valence-corrected chi connectivity index (χ0v) is 12.6. The Morgan fingerprint density at radius 2 is 2.44 bits per heavy atom. The first kappa shape index (κ1) is 14.0. The van der Waals surface area contributed by atoms with Gasteiger partial charge in [-0.05, 0) is 55.1 Å². The SMILES string of the molecule is CCOC1(C(NC)c2ccsc2)CCCC(C)C1. The molecule has 1 saturated carbocycles. The molecule has 0 radical (unpaired) electrons. The lowest BCUT2D eigenvalue weighted by Gasteiger charge is -2.45. The maximum Gasteiger partial charge on any atom is 0.0878 e. The molecular formula is C15H25NOS. The number of rotatable bonds is 5. The van der Waals surface area contributed by atoms with Gasteiger partial charge in [0.2, 0.25) is 0 Å². The lowest BCUT2D eigenvalue weighted by Crippen LogP contribution is -2.48. The molecular weight excluding hydrogens is 242 g/mol. The molecule has 3 heteroatoms. The average Bonchev–Trinajstić information content (AvgIpc) is 2.84. The third kappa shape index (κ3) is 2.79. The Morgan fingerprint density at radius 1 is 1.61 bits per heavy atom. The van der Waals surface area contributed by atoms with Crippen LogP contribution >= 0.6 is 11.3 Å². The number of thiophene rings is 1. The Morgan fingerprint density at radius 3 is 3.00 bits per heavy atom. The van der Waals surface area contributed by atoms with Crippen molar-refractivity contribution in [3.63, 3.8) is 0 Å². The first-order valence-corrected chi connectivity index (χ1v) is 7.99. The summed E-state index contributed by atoms with van der Waals surface area (Å²) >= 11 is 1.77. The van der Waals surface area contributed by atoms with Gasteiger partial charge in [-0.2, -0.15) is 11.3 Å². The number of hydrogen-bond acceptors (Lipinski definition) is 3. The van der Waals surface area contributed by atoms with Crippen LogP contribution in [0.2, 0.25) is 0 Å². The predicted molar refractivity (Wildman–Crippen MR) is 78.1 cm³/mol. The topological polar surface area (TPSA) is 21.3 Å². The standard InChI is InChI=1S/C15H25NOS/c1-4-17-15(8-5-6-12(2)10-15)14(16-3)13-7-9-18-11-13/h7,9,11-12,14,16H,4-6,8,10H2,1-3H3. The average molecular weight is 267 g/mol. The van der Waals surface area contributed by atoms with E-state index in [1.807, 2.05) is 0 Å². The summed E-state index contributed by atoms with van der Waals surface area (Å²) in [6.45, 7) is 5.27. The van der Waals surface area contributed by atoms with Gasteiger partial charge in [-0.1, -0.05) is 19.8 Å². The third-order valence-corrected chi connectivity index (χ3v) is 4.82. The summed E-state index contributed by atoms with van der Waals surface area (Å²) in [7, 11) is 2.06. The molecule has 1 N–H and O–H groups in total. The summed E-state index contributed by atoms with van der Waals surface area (Å²) in [5.41, 5.74) is 1.37. The quantitative estimate of drug-likeness (QED) is 0.871. The summed E-state index contributed by atoms with van der Waals surface area (Å²) in [6, 6.07) is 2.55. The van der Waals surface area contributed by atoms with Gasteiger partial charge in [0, 0.05) is 6.61 Å². The van der Waals surface area contributed by atoms with Crippen LogP contribution in [0.1, 0.15) is 51.1 Å². The van der Waals surface area contributed by atoms with E-state index < -0.39 is 0 Å². The highest BCUT2D eigenvalue weighted by atomic mass is 32.1. The first-order valence-electron chi connectivity index (χ1n) is 7.05. The Balaban J connectivity index is 2.26. The van der Waals surface area contributed by atoms with Gasteiger partial charge in [-0.25, -0.2) is 0 Å². The van der Waals surface area contributed by atoms with Crippen LogP contribution in [0.5, 0.6) is 0 Å². The molecule has 0 bridgehead atoms. The van der Waals surface area contributed by atoms with Crippen LogP contribution < -0.4 is 5.32 Å². The van der Waals surface area contributed by atoms with Crippen molar-refractivity contribution in [1.82, 2.24) is 5.32 Å². The minimum atomic E-state index is -0.0117. The van der Waals surface area contributed by atoms with Crippen molar-refractivity contribution in [2.24, 2.45) is 5.92 Å². The molecule has 2 nitrogen and oxygen atoms in total. The van der Waals surface area contributed by atoms with Gasteiger partial charge in [-0.3, -0.25) is 0 Å². The van der Waals surface area contributed by atoms with E-state index in [-0.39, 0.29) is 5.60 Å². The van der Waals surface area contributed by atoms with Crippen LogP contribution in [0, 0.1) is 5.92 Å². The molecule has 3 unspecified atom stereocenters. The van der Waals surface area contributed by atoms with E-state index in [2.05, 4.69) is 43.0 Å². The molecule has 1 heterocycles. The lowest BCUT2D eigenvalue weighted by molar-refractivity contribution is -0.100. The summed E-state index contributed by atoms with van der Waals surface area (Å²) in [4.78, 5) is 0. The Labute approximate surface area is 115 Å². The molecule has 1 aliphatic carbocycles. The fourth-order valence-corrected chi connectivity index (χ4v) is 4.17. The van der Waals surface area contributed by atoms with E-state index >= 15 is 0 Å². The molecule has 0 aromatic carbocycles. The summed E-state index contributed by atoms with van der Waals surface area (Å²) in [5.74, 6) is 0.764.